The van der Waals surface area contributed by atoms with Gasteiger partial charge in [-0.3, -0.25) is 14.4 Å². The van der Waals surface area contributed by atoms with Gasteiger partial charge in [-0.25, -0.2) is 0 Å². The smallest absolute Gasteiger partial charge is 0.247 e. The number of carbonyl (C=O) groups excluding carboxylic acids is 3. The fraction of sp³-hybridized carbons (Fsp3) is 0.581. The molecule has 0 saturated carbocycles. The minimum absolute atomic E-state index is 0.0128. The first-order valence-electron chi connectivity index (χ1n) is 14.4. The molecule has 6 atom stereocenters. The maximum Gasteiger partial charge on any atom is 0.247 e. The molecule has 40 heavy (non-hydrogen) atoms. The van der Waals surface area contributed by atoms with E-state index < -0.39 is 22.6 Å². The number of benzene rings is 1. The first kappa shape index (κ1) is 30.8. The molecule has 7 nitrogen and oxygen atoms in total. The Morgan fingerprint density at radius 3 is 2.48 bits per heavy atom. The molecule has 9 heteroatoms. The number of amides is 3. The molecule has 3 saturated heterocycles. The number of rotatable bonds is 15. The van der Waals surface area contributed by atoms with Crippen molar-refractivity contribution in [2.75, 3.05) is 32.8 Å². The Kier molecular flexibility index (Phi) is 10.6. The van der Waals surface area contributed by atoms with E-state index in [9.17, 15) is 19.5 Å². The Bertz CT molecular complexity index is 1090. The highest BCUT2D eigenvalue weighted by Gasteiger charge is 2.75. The average Bonchev–Trinajstić information content (AvgIpc) is 3.54. The lowest BCUT2D eigenvalue weighted by Gasteiger charge is -2.38. The number of aliphatic hydroxyl groups excluding tert-OH is 1. The molecule has 218 valence electrons. The van der Waals surface area contributed by atoms with E-state index in [1.54, 1.807) is 33.7 Å². The summed E-state index contributed by atoms with van der Waals surface area (Å²) in [5, 5.41) is 9.53. The van der Waals surface area contributed by atoms with Crippen molar-refractivity contribution in [1.82, 2.24) is 14.7 Å². The van der Waals surface area contributed by atoms with Crippen molar-refractivity contribution in [3.05, 3.63) is 61.2 Å². The first-order chi connectivity index (χ1) is 19.3. The van der Waals surface area contributed by atoms with Gasteiger partial charge in [0.25, 0.3) is 0 Å². The molecule has 3 aliphatic heterocycles. The molecule has 0 radical (unpaired) electrons. The largest absolute Gasteiger partial charge is 0.396 e. The van der Waals surface area contributed by atoms with Crippen LogP contribution in [0.25, 0.3) is 0 Å². The second-order valence-electron chi connectivity index (χ2n) is 11.0. The Labute approximate surface area is 251 Å². The van der Waals surface area contributed by atoms with Crippen LogP contribution in [-0.2, 0) is 20.9 Å². The van der Waals surface area contributed by atoms with E-state index in [0.717, 1.165) is 24.8 Å². The van der Waals surface area contributed by atoms with Crippen molar-refractivity contribution in [3.63, 3.8) is 0 Å². The highest BCUT2D eigenvalue weighted by atomic mass is 79.9. The Balaban J connectivity index is 1.70. The van der Waals surface area contributed by atoms with Gasteiger partial charge in [-0.05, 0) is 24.8 Å². The quantitative estimate of drug-likeness (QED) is 0.178. The van der Waals surface area contributed by atoms with Gasteiger partial charge in [-0.2, -0.15) is 0 Å². The molecule has 3 aliphatic rings. The summed E-state index contributed by atoms with van der Waals surface area (Å²) in [6, 6.07) is 9.16. The van der Waals surface area contributed by atoms with Gasteiger partial charge in [0.2, 0.25) is 17.7 Å². The van der Waals surface area contributed by atoms with Gasteiger partial charge in [-0.1, -0.05) is 78.2 Å². The summed E-state index contributed by atoms with van der Waals surface area (Å²) < 4.78 is -0.695. The van der Waals surface area contributed by atoms with Crippen LogP contribution in [0.15, 0.2) is 55.6 Å². The minimum Gasteiger partial charge on any atom is -0.396 e. The van der Waals surface area contributed by atoms with E-state index in [1.165, 1.54) is 0 Å². The Morgan fingerprint density at radius 2 is 1.82 bits per heavy atom. The lowest BCUT2D eigenvalue weighted by Crippen LogP contribution is -2.56. The maximum absolute atomic E-state index is 14.3. The number of thioether (sulfide) groups is 1. The highest BCUT2D eigenvalue weighted by Crippen LogP contribution is 2.68. The van der Waals surface area contributed by atoms with Crippen LogP contribution < -0.4 is 0 Å². The van der Waals surface area contributed by atoms with Crippen molar-refractivity contribution < 1.29 is 19.5 Å². The summed E-state index contributed by atoms with van der Waals surface area (Å²) in [6.07, 6.45) is 7.44. The number of halogens is 1. The third-order valence-electron chi connectivity index (χ3n) is 8.44. The molecule has 4 rings (SSSR count). The van der Waals surface area contributed by atoms with Crippen LogP contribution in [-0.4, -0.2) is 91.2 Å². The number of alkyl halides is 1. The Hall–Kier alpha value is -2.10. The van der Waals surface area contributed by atoms with Crippen molar-refractivity contribution in [2.45, 2.75) is 66.4 Å². The molecule has 3 amide bonds. The van der Waals surface area contributed by atoms with Crippen LogP contribution in [0.4, 0.5) is 0 Å². The van der Waals surface area contributed by atoms with Gasteiger partial charge < -0.3 is 19.8 Å². The standard InChI is InChI=1S/C31H42BrN3O4S/c1-4-7-11-17-33(15-5-2)30(39)27-31-20-23(32)26(40-31)24(25(31)29(38)35(27)18-12-19-36)28(37)34(16-6-3)21-22-13-9-8-10-14-22/h5-6,8-10,13-14,23-27,36H,2-4,7,11-12,15-21H2,1H3/t23?,24-,25+,26-,27?,31?/m1/s1. The summed E-state index contributed by atoms with van der Waals surface area (Å²) in [6.45, 7) is 11.9. The maximum atomic E-state index is 14.3. The third kappa shape index (κ3) is 5.79. The molecule has 0 aromatic heterocycles. The molecule has 1 aromatic carbocycles. The normalized spacial score (nSPS) is 28.4. The Morgan fingerprint density at radius 1 is 1.12 bits per heavy atom. The first-order valence-corrected chi connectivity index (χ1v) is 16.2. The SMILES string of the molecule is C=CCN(CCCCC)C(=O)C1N(CCCO)C(=O)[C@@H]2[C@@H](C(=O)N(CC=C)Cc3ccccc3)[C@@H]3SC12CC3Br. The van der Waals surface area contributed by atoms with Crippen LogP contribution in [0.3, 0.4) is 0 Å². The fourth-order valence-corrected chi connectivity index (χ4v) is 10.3. The summed E-state index contributed by atoms with van der Waals surface area (Å²) in [5.41, 5.74) is 1.01. The number of hydrogen-bond donors (Lipinski definition) is 1. The lowest BCUT2D eigenvalue weighted by molar-refractivity contribution is -0.145. The van der Waals surface area contributed by atoms with Gasteiger partial charge in [-0.15, -0.1) is 24.9 Å². The number of nitrogens with zero attached hydrogens (tertiary/aromatic N) is 3. The van der Waals surface area contributed by atoms with E-state index in [4.69, 9.17) is 0 Å². The second-order valence-corrected chi connectivity index (χ2v) is 13.8. The molecule has 1 aromatic rings. The molecule has 1 spiro atoms. The lowest BCUT2D eigenvalue weighted by atomic mass is 9.70. The van der Waals surface area contributed by atoms with Crippen LogP contribution >= 0.6 is 27.7 Å². The van der Waals surface area contributed by atoms with Gasteiger partial charge in [0.05, 0.1) is 16.6 Å². The van der Waals surface area contributed by atoms with Crippen LogP contribution in [0.5, 0.6) is 0 Å². The monoisotopic (exact) mass is 631 g/mol. The number of hydrogen-bond acceptors (Lipinski definition) is 5. The van der Waals surface area contributed by atoms with E-state index in [2.05, 4.69) is 36.0 Å². The van der Waals surface area contributed by atoms with Gasteiger partial charge in [0.1, 0.15) is 6.04 Å². The summed E-state index contributed by atoms with van der Waals surface area (Å²) in [4.78, 5) is 48.2. The molecule has 3 fully saturated rings. The number of likely N-dealkylation sites (tertiary alicyclic amines) is 1. The number of carbonyl (C=O) groups is 3. The summed E-state index contributed by atoms with van der Waals surface area (Å²) in [5.74, 6) is -1.39. The van der Waals surface area contributed by atoms with Crippen molar-refractivity contribution >= 4 is 45.4 Å². The van der Waals surface area contributed by atoms with Gasteiger partial charge in [0, 0.05) is 49.4 Å². The van der Waals surface area contributed by atoms with Crippen LogP contribution in [0.1, 0.15) is 44.6 Å². The molecular formula is C31H42BrN3O4S. The average molecular weight is 633 g/mol. The van der Waals surface area contributed by atoms with E-state index >= 15 is 0 Å². The van der Waals surface area contributed by atoms with E-state index in [1.807, 2.05) is 35.2 Å². The van der Waals surface area contributed by atoms with Crippen molar-refractivity contribution in [3.8, 4) is 0 Å². The predicted octanol–water partition coefficient (Wildman–Crippen LogP) is 4.25. The number of fused-ring (bicyclic) bond motifs is 1. The zero-order valence-electron chi connectivity index (χ0n) is 23.4. The number of aliphatic hydroxyl groups is 1. The number of unbranched alkanes of at least 4 members (excludes halogenated alkanes) is 2. The van der Waals surface area contributed by atoms with E-state index in [0.29, 0.717) is 45.6 Å². The van der Waals surface area contributed by atoms with Crippen molar-refractivity contribution in [2.24, 2.45) is 11.8 Å². The molecule has 0 aliphatic carbocycles. The second kappa shape index (κ2) is 13.7. The van der Waals surface area contributed by atoms with Crippen molar-refractivity contribution in [1.29, 1.82) is 0 Å². The molecule has 3 heterocycles. The van der Waals surface area contributed by atoms with Crippen LogP contribution in [0.2, 0.25) is 0 Å². The zero-order chi connectivity index (χ0) is 28.9. The van der Waals surface area contributed by atoms with Gasteiger partial charge in [0.15, 0.2) is 0 Å². The fourth-order valence-electron chi connectivity index (χ4n) is 6.75. The summed E-state index contributed by atoms with van der Waals surface area (Å²) >= 11 is 5.51. The van der Waals surface area contributed by atoms with E-state index in [-0.39, 0.29) is 34.4 Å². The molecule has 1 N–H and O–H groups in total. The topological polar surface area (TPSA) is 81.2 Å². The minimum atomic E-state index is -0.695. The highest BCUT2D eigenvalue weighted by molar-refractivity contribution is 9.09. The molecular weight excluding hydrogens is 590 g/mol. The van der Waals surface area contributed by atoms with Gasteiger partial charge >= 0.3 is 0 Å². The zero-order valence-corrected chi connectivity index (χ0v) is 25.8. The summed E-state index contributed by atoms with van der Waals surface area (Å²) in [7, 11) is 0. The third-order valence-corrected chi connectivity index (χ3v) is 11.7. The predicted molar refractivity (Wildman–Crippen MR) is 164 cm³/mol. The molecule has 2 bridgehead atoms. The molecule has 3 unspecified atom stereocenters. The van der Waals surface area contributed by atoms with Crippen LogP contribution in [0, 0.1) is 11.8 Å².